The summed E-state index contributed by atoms with van der Waals surface area (Å²) in [4.78, 5) is 14.7. The summed E-state index contributed by atoms with van der Waals surface area (Å²) < 4.78 is 20.8. The number of aromatic nitrogens is 2. The van der Waals surface area contributed by atoms with Crippen molar-refractivity contribution >= 4 is 5.91 Å². The van der Waals surface area contributed by atoms with E-state index in [0.717, 1.165) is 47.4 Å². The van der Waals surface area contributed by atoms with Crippen LogP contribution in [0.1, 0.15) is 45.1 Å². The SMILES string of the molecule is Cc1ccc(F)cc1CN[C@H]1CCc2c(c(C(=O)N(C)Cc3ccco3)nn2C)C1. The number of fused-ring (bicyclic) bond motifs is 1. The number of hydrogen-bond donors (Lipinski definition) is 1. The van der Waals surface area contributed by atoms with Crippen LogP contribution in [0, 0.1) is 12.7 Å². The van der Waals surface area contributed by atoms with Crippen LogP contribution >= 0.6 is 0 Å². The van der Waals surface area contributed by atoms with Crippen molar-refractivity contribution < 1.29 is 13.6 Å². The molecule has 0 unspecified atom stereocenters. The summed E-state index contributed by atoms with van der Waals surface area (Å²) in [7, 11) is 3.66. The number of hydrogen-bond acceptors (Lipinski definition) is 4. The molecule has 0 fully saturated rings. The molecule has 4 rings (SSSR count). The normalized spacial score (nSPS) is 15.8. The number of furan rings is 1. The third-order valence-electron chi connectivity index (χ3n) is 5.87. The Balaban J connectivity index is 1.47. The minimum absolute atomic E-state index is 0.107. The number of amides is 1. The van der Waals surface area contributed by atoms with Crippen LogP contribution in [0.25, 0.3) is 0 Å². The highest BCUT2D eigenvalue weighted by molar-refractivity contribution is 5.94. The zero-order chi connectivity index (χ0) is 21.3. The van der Waals surface area contributed by atoms with Gasteiger partial charge < -0.3 is 14.6 Å². The summed E-state index contributed by atoms with van der Waals surface area (Å²) in [6, 6.07) is 8.75. The highest BCUT2D eigenvalue weighted by atomic mass is 19.1. The summed E-state index contributed by atoms with van der Waals surface area (Å²) >= 11 is 0. The zero-order valence-electron chi connectivity index (χ0n) is 17.6. The quantitative estimate of drug-likeness (QED) is 0.677. The lowest BCUT2D eigenvalue weighted by Crippen LogP contribution is -2.35. The summed E-state index contributed by atoms with van der Waals surface area (Å²) in [5.41, 5.74) is 4.66. The topological polar surface area (TPSA) is 63.3 Å². The predicted octanol–water partition coefficient (Wildman–Crippen LogP) is 3.38. The minimum Gasteiger partial charge on any atom is -0.467 e. The van der Waals surface area contributed by atoms with E-state index in [0.29, 0.717) is 18.8 Å². The maximum atomic E-state index is 13.6. The zero-order valence-corrected chi connectivity index (χ0v) is 17.6. The molecule has 0 bridgehead atoms. The Morgan fingerprint density at radius 2 is 2.23 bits per heavy atom. The van der Waals surface area contributed by atoms with Gasteiger partial charge in [0, 0.05) is 37.9 Å². The molecule has 30 heavy (non-hydrogen) atoms. The highest BCUT2D eigenvalue weighted by Crippen LogP contribution is 2.26. The molecular formula is C23H27FN4O2. The molecule has 6 nitrogen and oxygen atoms in total. The average molecular weight is 410 g/mol. The Kier molecular flexibility index (Phi) is 5.72. The van der Waals surface area contributed by atoms with Gasteiger partial charge in [0.2, 0.25) is 0 Å². The van der Waals surface area contributed by atoms with Gasteiger partial charge in [-0.25, -0.2) is 4.39 Å². The first kappa shape index (κ1) is 20.3. The monoisotopic (exact) mass is 410 g/mol. The highest BCUT2D eigenvalue weighted by Gasteiger charge is 2.29. The molecule has 1 aliphatic carbocycles. The molecule has 2 heterocycles. The number of aryl methyl sites for hydroxylation is 2. The second kappa shape index (κ2) is 8.44. The molecule has 1 N–H and O–H groups in total. The third kappa shape index (κ3) is 4.16. The fourth-order valence-electron chi connectivity index (χ4n) is 4.11. The van der Waals surface area contributed by atoms with E-state index < -0.39 is 0 Å². The molecule has 0 saturated carbocycles. The molecule has 0 aliphatic heterocycles. The van der Waals surface area contributed by atoms with Crippen LogP contribution in [0.3, 0.4) is 0 Å². The average Bonchev–Trinajstić information content (AvgIpc) is 3.36. The molecular weight excluding hydrogens is 383 g/mol. The van der Waals surface area contributed by atoms with Crippen LogP contribution in [0.5, 0.6) is 0 Å². The first-order valence-corrected chi connectivity index (χ1v) is 10.2. The number of rotatable bonds is 6. The molecule has 1 atom stereocenters. The van der Waals surface area contributed by atoms with Gasteiger partial charge in [-0.15, -0.1) is 0 Å². The lowest BCUT2D eigenvalue weighted by Gasteiger charge is -2.25. The second-order valence-corrected chi connectivity index (χ2v) is 8.03. The van der Waals surface area contributed by atoms with Crippen LogP contribution < -0.4 is 5.32 Å². The Labute approximate surface area is 175 Å². The lowest BCUT2D eigenvalue weighted by molar-refractivity contribution is 0.0767. The Morgan fingerprint density at radius 1 is 1.40 bits per heavy atom. The number of carbonyl (C=O) groups excluding carboxylic acids is 1. The van der Waals surface area contributed by atoms with Crippen molar-refractivity contribution in [3.63, 3.8) is 0 Å². The Hall–Kier alpha value is -2.93. The first-order valence-electron chi connectivity index (χ1n) is 10.2. The molecule has 158 valence electrons. The van der Waals surface area contributed by atoms with Crippen LogP contribution in [0.4, 0.5) is 4.39 Å². The molecule has 0 saturated heterocycles. The fourth-order valence-corrected chi connectivity index (χ4v) is 4.11. The van der Waals surface area contributed by atoms with Crippen molar-refractivity contribution in [2.45, 2.75) is 45.3 Å². The molecule has 0 radical (unpaired) electrons. The summed E-state index contributed by atoms with van der Waals surface area (Å²) in [6.07, 6.45) is 4.14. The van der Waals surface area contributed by atoms with E-state index in [1.165, 1.54) is 6.07 Å². The molecule has 0 spiro atoms. The lowest BCUT2D eigenvalue weighted by atomic mass is 9.91. The number of halogens is 1. The van der Waals surface area contributed by atoms with E-state index in [1.54, 1.807) is 30.3 Å². The fraction of sp³-hybridized carbons (Fsp3) is 0.391. The van der Waals surface area contributed by atoms with E-state index in [9.17, 15) is 9.18 Å². The smallest absolute Gasteiger partial charge is 0.274 e. The van der Waals surface area contributed by atoms with E-state index >= 15 is 0 Å². The van der Waals surface area contributed by atoms with E-state index in [4.69, 9.17) is 4.42 Å². The van der Waals surface area contributed by atoms with Gasteiger partial charge in [-0.3, -0.25) is 9.48 Å². The maximum absolute atomic E-state index is 13.6. The van der Waals surface area contributed by atoms with Crippen LogP contribution in [0.2, 0.25) is 0 Å². The van der Waals surface area contributed by atoms with Crippen molar-refractivity contribution in [3.05, 3.63) is 76.3 Å². The van der Waals surface area contributed by atoms with Gasteiger partial charge in [-0.1, -0.05) is 6.07 Å². The predicted molar refractivity (Wildman–Crippen MR) is 112 cm³/mol. The van der Waals surface area contributed by atoms with Gasteiger partial charge in [-0.05, 0) is 61.6 Å². The van der Waals surface area contributed by atoms with Gasteiger partial charge >= 0.3 is 0 Å². The standard InChI is InChI=1S/C23H27FN4O2/c1-15-6-7-17(24)11-16(15)13-25-18-8-9-21-20(12-18)22(26-28(21)3)23(29)27(2)14-19-5-4-10-30-19/h4-7,10-11,18,25H,8-9,12-14H2,1-3H3/t18-/m0/s1. The Bertz CT molecular complexity index is 1040. The van der Waals surface area contributed by atoms with E-state index in [-0.39, 0.29) is 17.8 Å². The molecule has 2 aromatic heterocycles. The number of nitrogens with zero attached hydrogens (tertiary/aromatic N) is 3. The van der Waals surface area contributed by atoms with E-state index in [1.807, 2.05) is 30.8 Å². The van der Waals surface area contributed by atoms with Crippen LogP contribution in [-0.2, 0) is 33.0 Å². The largest absolute Gasteiger partial charge is 0.467 e. The summed E-state index contributed by atoms with van der Waals surface area (Å²) in [5.74, 6) is 0.411. The van der Waals surface area contributed by atoms with Crippen LogP contribution in [0.15, 0.2) is 41.0 Å². The van der Waals surface area contributed by atoms with Gasteiger partial charge in [0.15, 0.2) is 5.69 Å². The minimum atomic E-state index is -0.219. The molecule has 3 aromatic rings. The second-order valence-electron chi connectivity index (χ2n) is 8.03. The van der Waals surface area contributed by atoms with Crippen molar-refractivity contribution in [1.29, 1.82) is 0 Å². The van der Waals surface area contributed by atoms with Gasteiger partial charge in [-0.2, -0.15) is 5.10 Å². The number of nitrogens with one attached hydrogen (secondary N) is 1. The molecule has 1 amide bonds. The summed E-state index contributed by atoms with van der Waals surface area (Å²) in [6.45, 7) is 2.99. The number of carbonyl (C=O) groups is 1. The molecule has 1 aliphatic rings. The van der Waals surface area contributed by atoms with Gasteiger partial charge in [0.25, 0.3) is 5.91 Å². The summed E-state index contributed by atoms with van der Waals surface area (Å²) in [5, 5.41) is 8.08. The Morgan fingerprint density at radius 3 is 3.00 bits per heavy atom. The molecule has 7 heteroatoms. The van der Waals surface area contributed by atoms with Gasteiger partial charge in [0.1, 0.15) is 11.6 Å². The first-order chi connectivity index (χ1) is 14.4. The maximum Gasteiger partial charge on any atom is 0.274 e. The third-order valence-corrected chi connectivity index (χ3v) is 5.87. The van der Waals surface area contributed by atoms with E-state index in [2.05, 4.69) is 10.4 Å². The van der Waals surface area contributed by atoms with Crippen molar-refractivity contribution in [2.24, 2.45) is 7.05 Å². The molecule has 1 aromatic carbocycles. The van der Waals surface area contributed by atoms with Crippen molar-refractivity contribution in [1.82, 2.24) is 20.0 Å². The number of benzene rings is 1. The van der Waals surface area contributed by atoms with Crippen molar-refractivity contribution in [3.8, 4) is 0 Å². The van der Waals surface area contributed by atoms with Crippen molar-refractivity contribution in [2.75, 3.05) is 7.05 Å². The van der Waals surface area contributed by atoms with Gasteiger partial charge in [0.05, 0.1) is 12.8 Å². The van der Waals surface area contributed by atoms with Crippen LogP contribution in [-0.4, -0.2) is 33.7 Å².